The van der Waals surface area contributed by atoms with Crippen LogP contribution in [0.1, 0.15) is 64.6 Å². The van der Waals surface area contributed by atoms with Crippen molar-refractivity contribution in [1.29, 1.82) is 0 Å². The molecule has 0 saturated carbocycles. The van der Waals surface area contributed by atoms with Crippen molar-refractivity contribution in [3.05, 3.63) is 129 Å². The van der Waals surface area contributed by atoms with Gasteiger partial charge in [0.1, 0.15) is 0 Å². The summed E-state index contributed by atoms with van der Waals surface area (Å²) in [5.41, 5.74) is 12.9. The van der Waals surface area contributed by atoms with Crippen molar-refractivity contribution in [1.82, 2.24) is 0 Å². The van der Waals surface area contributed by atoms with Crippen LogP contribution in [0.5, 0.6) is 0 Å². The van der Waals surface area contributed by atoms with Gasteiger partial charge in [-0.1, -0.05) is 96.9 Å². The molecule has 0 fully saturated rings. The lowest BCUT2D eigenvalue weighted by atomic mass is 9.58. The molecule has 2 aliphatic rings. The van der Waals surface area contributed by atoms with Gasteiger partial charge in [-0.25, -0.2) is 0 Å². The number of fused-ring (bicyclic) bond motifs is 5. The predicted octanol–water partition coefficient (Wildman–Crippen LogP) is 8.65. The van der Waals surface area contributed by atoms with E-state index in [4.69, 9.17) is 11.6 Å². The van der Waals surface area contributed by atoms with Crippen LogP contribution in [0.25, 0.3) is 11.1 Å². The first kappa shape index (κ1) is 20.8. The first-order valence-electron chi connectivity index (χ1n) is 12.2. The van der Waals surface area contributed by atoms with Gasteiger partial charge in [0.2, 0.25) is 0 Å². The number of hydrogen-bond donors (Lipinski definition) is 0. The Morgan fingerprint density at radius 3 is 2.42 bits per heavy atom. The molecule has 2 atom stereocenters. The first-order valence-corrected chi connectivity index (χ1v) is 12.5. The fraction of sp³-hybridized carbons (Fsp3) is 0.250. The molecule has 0 saturated heterocycles. The van der Waals surface area contributed by atoms with E-state index in [1.165, 1.54) is 45.4 Å². The van der Waals surface area contributed by atoms with Crippen LogP contribution < -0.4 is 0 Å². The molecule has 164 valence electrons. The fourth-order valence-corrected chi connectivity index (χ4v) is 6.63. The standard InChI is InChI=1S/C32H29Cl/c1-21-6-5-8-25(20-21)32(24-11-13-26(33)14-12-24)19-18-22(2)31-29-15-10-23-7-3-4-9-27(23)28(29)16-17-30(31)32/h3-9,11-14,16-17,20,22H,10,15,18-19H2,1-2H3. The Kier molecular flexibility index (Phi) is 4.96. The summed E-state index contributed by atoms with van der Waals surface area (Å²) < 4.78 is 0. The first-order chi connectivity index (χ1) is 16.1. The van der Waals surface area contributed by atoms with Crippen molar-refractivity contribution in [2.24, 2.45) is 0 Å². The maximum Gasteiger partial charge on any atom is 0.0454 e. The van der Waals surface area contributed by atoms with Gasteiger partial charge >= 0.3 is 0 Å². The van der Waals surface area contributed by atoms with Crippen LogP contribution in [0.4, 0.5) is 0 Å². The van der Waals surface area contributed by atoms with Gasteiger partial charge in [0.15, 0.2) is 0 Å². The third-order valence-corrected chi connectivity index (χ3v) is 8.31. The normalized spacial score (nSPS) is 21.1. The second-order valence-corrected chi connectivity index (χ2v) is 10.4. The summed E-state index contributed by atoms with van der Waals surface area (Å²) in [5, 5.41) is 0.796. The molecule has 0 aliphatic heterocycles. The molecule has 33 heavy (non-hydrogen) atoms. The SMILES string of the molecule is Cc1cccc(C2(c3ccc(Cl)cc3)CCC(C)c3c2ccc2c3CCc3ccccc3-2)c1. The molecule has 0 radical (unpaired) electrons. The lowest BCUT2D eigenvalue weighted by Gasteiger charge is -2.44. The Hall–Kier alpha value is -2.83. The third kappa shape index (κ3) is 3.19. The molecule has 2 aliphatic carbocycles. The van der Waals surface area contributed by atoms with E-state index < -0.39 is 0 Å². The maximum absolute atomic E-state index is 6.33. The Bertz CT molecular complexity index is 1350. The average Bonchev–Trinajstić information content (AvgIpc) is 2.84. The van der Waals surface area contributed by atoms with Crippen molar-refractivity contribution >= 4 is 11.6 Å². The molecule has 4 aromatic rings. The third-order valence-electron chi connectivity index (χ3n) is 8.06. The molecule has 1 heteroatoms. The van der Waals surface area contributed by atoms with Crippen LogP contribution in [0.3, 0.4) is 0 Å². The van der Waals surface area contributed by atoms with Crippen LogP contribution >= 0.6 is 11.6 Å². The van der Waals surface area contributed by atoms with Gasteiger partial charge in [0, 0.05) is 10.4 Å². The molecule has 0 spiro atoms. The molecule has 0 N–H and O–H groups in total. The second kappa shape index (κ2) is 7.89. The summed E-state index contributed by atoms with van der Waals surface area (Å²) in [6, 6.07) is 31.6. The Morgan fingerprint density at radius 2 is 1.61 bits per heavy atom. The van der Waals surface area contributed by atoms with Gasteiger partial charge in [0.05, 0.1) is 0 Å². The monoisotopic (exact) mass is 448 g/mol. The molecular weight excluding hydrogens is 420 g/mol. The molecule has 0 aromatic heterocycles. The van der Waals surface area contributed by atoms with Crippen molar-refractivity contribution < 1.29 is 0 Å². The van der Waals surface area contributed by atoms with E-state index in [-0.39, 0.29) is 5.41 Å². The van der Waals surface area contributed by atoms with Crippen LogP contribution in [-0.4, -0.2) is 0 Å². The highest BCUT2D eigenvalue weighted by Crippen LogP contribution is 2.54. The van der Waals surface area contributed by atoms with Gasteiger partial charge in [0.25, 0.3) is 0 Å². The summed E-state index contributed by atoms with van der Waals surface area (Å²) in [5.74, 6) is 0.561. The average molecular weight is 449 g/mol. The van der Waals surface area contributed by atoms with Crippen molar-refractivity contribution in [3.63, 3.8) is 0 Å². The quantitative estimate of drug-likeness (QED) is 0.288. The summed E-state index contributed by atoms with van der Waals surface area (Å²) >= 11 is 6.33. The molecule has 2 unspecified atom stereocenters. The van der Waals surface area contributed by atoms with Gasteiger partial charge in [-0.3, -0.25) is 0 Å². The summed E-state index contributed by atoms with van der Waals surface area (Å²) in [7, 11) is 0. The zero-order chi connectivity index (χ0) is 22.6. The minimum atomic E-state index is -0.148. The highest BCUT2D eigenvalue weighted by atomic mass is 35.5. The Morgan fingerprint density at radius 1 is 0.788 bits per heavy atom. The van der Waals surface area contributed by atoms with E-state index in [1.54, 1.807) is 11.1 Å². The number of rotatable bonds is 2. The lowest BCUT2D eigenvalue weighted by molar-refractivity contribution is 0.454. The summed E-state index contributed by atoms with van der Waals surface area (Å²) in [6.07, 6.45) is 4.55. The number of hydrogen-bond acceptors (Lipinski definition) is 0. The highest BCUT2D eigenvalue weighted by molar-refractivity contribution is 6.30. The van der Waals surface area contributed by atoms with E-state index in [0.29, 0.717) is 5.92 Å². The van der Waals surface area contributed by atoms with Crippen LogP contribution in [-0.2, 0) is 18.3 Å². The van der Waals surface area contributed by atoms with E-state index in [0.717, 1.165) is 24.3 Å². The number of aryl methyl sites for hydroxylation is 2. The number of benzene rings is 4. The van der Waals surface area contributed by atoms with Gasteiger partial charge in [-0.05, 0) is 95.2 Å². The van der Waals surface area contributed by atoms with E-state index in [9.17, 15) is 0 Å². The largest absolute Gasteiger partial charge is 0.0843 e. The molecule has 0 nitrogen and oxygen atoms in total. The lowest BCUT2D eigenvalue weighted by Crippen LogP contribution is -2.35. The van der Waals surface area contributed by atoms with Crippen molar-refractivity contribution in [3.8, 4) is 11.1 Å². The molecule has 0 heterocycles. The van der Waals surface area contributed by atoms with E-state index in [1.807, 2.05) is 0 Å². The van der Waals surface area contributed by atoms with Crippen LogP contribution in [0.2, 0.25) is 5.02 Å². The molecular formula is C32H29Cl. The van der Waals surface area contributed by atoms with Gasteiger partial charge in [-0.2, -0.15) is 0 Å². The van der Waals surface area contributed by atoms with E-state index >= 15 is 0 Å². The zero-order valence-electron chi connectivity index (χ0n) is 19.4. The maximum atomic E-state index is 6.33. The van der Waals surface area contributed by atoms with Crippen molar-refractivity contribution in [2.75, 3.05) is 0 Å². The minimum Gasteiger partial charge on any atom is -0.0843 e. The molecule has 0 bridgehead atoms. The highest BCUT2D eigenvalue weighted by Gasteiger charge is 2.43. The van der Waals surface area contributed by atoms with Gasteiger partial charge in [-0.15, -0.1) is 0 Å². The Balaban J connectivity index is 1.66. The van der Waals surface area contributed by atoms with Crippen molar-refractivity contribution in [2.45, 2.75) is 50.9 Å². The summed E-state index contributed by atoms with van der Waals surface area (Å²) in [6.45, 7) is 4.64. The summed E-state index contributed by atoms with van der Waals surface area (Å²) in [4.78, 5) is 0. The molecule has 4 aromatic carbocycles. The topological polar surface area (TPSA) is 0 Å². The fourth-order valence-electron chi connectivity index (χ4n) is 6.51. The van der Waals surface area contributed by atoms with Crippen LogP contribution in [0.15, 0.2) is 84.9 Å². The van der Waals surface area contributed by atoms with Gasteiger partial charge < -0.3 is 0 Å². The number of halogens is 1. The zero-order valence-corrected chi connectivity index (χ0v) is 20.1. The minimum absolute atomic E-state index is 0.148. The predicted molar refractivity (Wildman–Crippen MR) is 139 cm³/mol. The molecule has 0 amide bonds. The second-order valence-electron chi connectivity index (χ2n) is 9.93. The smallest absolute Gasteiger partial charge is 0.0454 e. The van der Waals surface area contributed by atoms with E-state index in [2.05, 4.69) is 98.8 Å². The Labute approximate surface area is 202 Å². The molecule has 6 rings (SSSR count). The van der Waals surface area contributed by atoms with Crippen LogP contribution in [0, 0.1) is 6.92 Å².